The molecule has 1 saturated heterocycles. The van der Waals surface area contributed by atoms with Crippen molar-refractivity contribution in [3.63, 3.8) is 0 Å². The highest BCUT2D eigenvalue weighted by atomic mass is 16.2. The molecule has 176 valence electrons. The summed E-state index contributed by atoms with van der Waals surface area (Å²) in [6, 6.07) is 10.6. The Kier molecular flexibility index (Phi) is 7.31. The van der Waals surface area contributed by atoms with Crippen molar-refractivity contribution in [1.82, 2.24) is 19.4 Å². The molecule has 2 aromatic heterocycles. The fourth-order valence-corrected chi connectivity index (χ4v) is 3.90. The van der Waals surface area contributed by atoms with E-state index in [9.17, 15) is 14.4 Å². The minimum Gasteiger partial charge on any atom is -0.339 e. The van der Waals surface area contributed by atoms with Crippen LogP contribution in [0.4, 0.5) is 11.5 Å². The second kappa shape index (κ2) is 10.7. The number of pyridine rings is 1. The van der Waals surface area contributed by atoms with E-state index in [0.717, 1.165) is 5.56 Å². The van der Waals surface area contributed by atoms with Gasteiger partial charge in [0.25, 0.3) is 5.91 Å². The van der Waals surface area contributed by atoms with Crippen LogP contribution in [0.2, 0.25) is 0 Å². The number of rotatable bonds is 7. The molecule has 9 nitrogen and oxygen atoms in total. The predicted octanol–water partition coefficient (Wildman–Crippen LogP) is 3.11. The SMILES string of the molecule is Cc1ccc(NC(=O)C2CCN(C(=O)c3cccc(NC(=O)CCn4ccnc4)c3)CC2)nc1. The zero-order chi connectivity index (χ0) is 23.9. The van der Waals surface area contributed by atoms with Crippen molar-refractivity contribution in [3.05, 3.63) is 72.4 Å². The minimum atomic E-state index is -0.159. The molecule has 3 aromatic rings. The summed E-state index contributed by atoms with van der Waals surface area (Å²) in [5, 5.41) is 5.71. The highest BCUT2D eigenvalue weighted by molar-refractivity contribution is 5.97. The van der Waals surface area contributed by atoms with Gasteiger partial charge in [-0.1, -0.05) is 12.1 Å². The first kappa shape index (κ1) is 23.2. The third-order valence-corrected chi connectivity index (χ3v) is 5.87. The van der Waals surface area contributed by atoms with Crippen LogP contribution in [0.15, 0.2) is 61.3 Å². The first-order valence-corrected chi connectivity index (χ1v) is 11.4. The quantitative estimate of drug-likeness (QED) is 0.563. The number of aryl methyl sites for hydroxylation is 2. The lowest BCUT2D eigenvalue weighted by Gasteiger charge is -2.31. The Morgan fingerprint density at radius 2 is 1.91 bits per heavy atom. The molecular weight excluding hydrogens is 432 g/mol. The lowest BCUT2D eigenvalue weighted by atomic mass is 9.95. The number of hydrogen-bond donors (Lipinski definition) is 2. The zero-order valence-electron chi connectivity index (χ0n) is 19.1. The molecule has 34 heavy (non-hydrogen) atoms. The maximum atomic E-state index is 13.0. The number of nitrogens with zero attached hydrogens (tertiary/aromatic N) is 4. The average molecular weight is 461 g/mol. The number of imidazole rings is 1. The van der Waals surface area contributed by atoms with Crippen LogP contribution >= 0.6 is 0 Å². The van der Waals surface area contributed by atoms with Crippen molar-refractivity contribution in [2.75, 3.05) is 23.7 Å². The summed E-state index contributed by atoms with van der Waals surface area (Å²) in [5.41, 5.74) is 2.13. The number of carbonyl (C=O) groups is 3. The van der Waals surface area contributed by atoms with E-state index in [2.05, 4.69) is 20.6 Å². The Morgan fingerprint density at radius 1 is 1.09 bits per heavy atom. The number of aromatic nitrogens is 3. The second-order valence-corrected chi connectivity index (χ2v) is 8.46. The highest BCUT2D eigenvalue weighted by Crippen LogP contribution is 2.22. The number of amides is 3. The van der Waals surface area contributed by atoms with E-state index < -0.39 is 0 Å². The molecule has 0 unspecified atom stereocenters. The monoisotopic (exact) mass is 460 g/mol. The topological polar surface area (TPSA) is 109 Å². The normalized spacial score (nSPS) is 14.0. The first-order chi connectivity index (χ1) is 16.5. The molecule has 1 aliphatic heterocycles. The van der Waals surface area contributed by atoms with Gasteiger partial charge in [0.15, 0.2) is 0 Å². The standard InChI is InChI=1S/C25H28N6O3/c1-18-5-6-22(27-16-18)29-24(33)19-7-12-31(13-8-19)25(34)20-3-2-4-21(15-20)28-23(32)9-11-30-14-10-26-17-30/h2-6,10,14-17,19H,7-9,11-13H2,1H3,(H,28,32)(H,27,29,33). The molecule has 9 heteroatoms. The molecule has 3 amide bonds. The summed E-state index contributed by atoms with van der Waals surface area (Å²) in [4.78, 5) is 47.8. The maximum Gasteiger partial charge on any atom is 0.253 e. The molecule has 0 radical (unpaired) electrons. The van der Waals surface area contributed by atoms with Gasteiger partial charge in [-0.05, 0) is 49.6 Å². The fraction of sp³-hybridized carbons (Fsp3) is 0.320. The molecule has 3 heterocycles. The van der Waals surface area contributed by atoms with Crippen LogP contribution in [0.3, 0.4) is 0 Å². The van der Waals surface area contributed by atoms with Crippen molar-refractivity contribution in [2.45, 2.75) is 32.7 Å². The molecule has 1 aromatic carbocycles. The number of benzene rings is 1. The van der Waals surface area contributed by atoms with Crippen molar-refractivity contribution in [1.29, 1.82) is 0 Å². The Morgan fingerprint density at radius 3 is 2.62 bits per heavy atom. The molecule has 4 rings (SSSR count). The average Bonchev–Trinajstić information content (AvgIpc) is 3.38. The van der Waals surface area contributed by atoms with Crippen LogP contribution in [-0.2, 0) is 16.1 Å². The first-order valence-electron chi connectivity index (χ1n) is 11.4. The Hall–Kier alpha value is -4.01. The van der Waals surface area contributed by atoms with Gasteiger partial charge in [0, 0.05) is 61.8 Å². The molecule has 0 aliphatic carbocycles. The van der Waals surface area contributed by atoms with E-state index in [1.807, 2.05) is 17.6 Å². The van der Waals surface area contributed by atoms with E-state index in [0.29, 0.717) is 56.0 Å². The lowest BCUT2D eigenvalue weighted by molar-refractivity contribution is -0.121. The van der Waals surface area contributed by atoms with E-state index >= 15 is 0 Å². The molecule has 2 N–H and O–H groups in total. The van der Waals surface area contributed by atoms with Crippen LogP contribution in [0.5, 0.6) is 0 Å². The van der Waals surface area contributed by atoms with Gasteiger partial charge in [0.05, 0.1) is 6.33 Å². The largest absolute Gasteiger partial charge is 0.339 e. The van der Waals surface area contributed by atoms with Crippen LogP contribution < -0.4 is 10.6 Å². The van der Waals surface area contributed by atoms with E-state index in [1.165, 1.54) is 0 Å². The number of hydrogen-bond acceptors (Lipinski definition) is 5. The van der Waals surface area contributed by atoms with Crippen molar-refractivity contribution in [2.24, 2.45) is 5.92 Å². The third-order valence-electron chi connectivity index (χ3n) is 5.87. The zero-order valence-corrected chi connectivity index (χ0v) is 19.1. The predicted molar refractivity (Wildman–Crippen MR) is 128 cm³/mol. The van der Waals surface area contributed by atoms with E-state index in [1.54, 1.807) is 60.1 Å². The molecule has 0 saturated carbocycles. The molecule has 1 aliphatic rings. The van der Waals surface area contributed by atoms with Gasteiger partial charge in [0.2, 0.25) is 11.8 Å². The smallest absolute Gasteiger partial charge is 0.253 e. The summed E-state index contributed by atoms with van der Waals surface area (Å²) in [5.74, 6) is 0.0805. The number of carbonyl (C=O) groups excluding carboxylic acids is 3. The fourth-order valence-electron chi connectivity index (χ4n) is 3.90. The van der Waals surface area contributed by atoms with Gasteiger partial charge < -0.3 is 20.1 Å². The number of anilines is 2. The van der Waals surface area contributed by atoms with Gasteiger partial charge in [0.1, 0.15) is 5.82 Å². The lowest BCUT2D eigenvalue weighted by Crippen LogP contribution is -2.41. The summed E-state index contributed by atoms with van der Waals surface area (Å²) >= 11 is 0. The highest BCUT2D eigenvalue weighted by Gasteiger charge is 2.28. The van der Waals surface area contributed by atoms with Crippen molar-refractivity contribution in [3.8, 4) is 0 Å². The van der Waals surface area contributed by atoms with Crippen LogP contribution in [0.1, 0.15) is 35.2 Å². The molecular formula is C25H28N6O3. The summed E-state index contributed by atoms with van der Waals surface area (Å²) in [7, 11) is 0. The van der Waals surface area contributed by atoms with Gasteiger partial charge in [-0.3, -0.25) is 14.4 Å². The van der Waals surface area contributed by atoms with Crippen molar-refractivity contribution >= 4 is 29.2 Å². The summed E-state index contributed by atoms with van der Waals surface area (Å²) in [6.07, 6.45) is 8.35. The molecule has 1 fully saturated rings. The summed E-state index contributed by atoms with van der Waals surface area (Å²) in [6.45, 7) is 3.48. The van der Waals surface area contributed by atoms with E-state index in [-0.39, 0.29) is 23.6 Å². The maximum absolute atomic E-state index is 13.0. The molecule has 0 spiro atoms. The minimum absolute atomic E-state index is 0.0659. The van der Waals surface area contributed by atoms with Crippen LogP contribution in [-0.4, -0.2) is 50.2 Å². The second-order valence-electron chi connectivity index (χ2n) is 8.46. The molecule has 0 atom stereocenters. The summed E-state index contributed by atoms with van der Waals surface area (Å²) < 4.78 is 1.83. The van der Waals surface area contributed by atoms with Crippen molar-refractivity contribution < 1.29 is 14.4 Å². The number of likely N-dealkylation sites (tertiary alicyclic amines) is 1. The number of nitrogens with one attached hydrogen (secondary N) is 2. The van der Waals surface area contributed by atoms with Gasteiger partial charge in [-0.2, -0.15) is 0 Å². The van der Waals surface area contributed by atoms with Gasteiger partial charge >= 0.3 is 0 Å². The number of piperidine rings is 1. The van der Waals surface area contributed by atoms with Crippen LogP contribution in [0, 0.1) is 12.8 Å². The van der Waals surface area contributed by atoms with E-state index in [4.69, 9.17) is 0 Å². The molecule has 0 bridgehead atoms. The van der Waals surface area contributed by atoms with Gasteiger partial charge in [-0.25, -0.2) is 9.97 Å². The van der Waals surface area contributed by atoms with Crippen LogP contribution in [0.25, 0.3) is 0 Å². The Labute approximate surface area is 198 Å². The Bertz CT molecular complexity index is 1140. The van der Waals surface area contributed by atoms with Gasteiger partial charge in [-0.15, -0.1) is 0 Å². The Balaban J connectivity index is 1.27. The third kappa shape index (κ3) is 6.06.